The van der Waals surface area contributed by atoms with Crippen molar-refractivity contribution < 1.29 is 37.6 Å². The van der Waals surface area contributed by atoms with E-state index in [9.17, 15) is 19.4 Å². The van der Waals surface area contributed by atoms with E-state index < -0.39 is 13.8 Å². The van der Waals surface area contributed by atoms with Crippen LogP contribution in [0.3, 0.4) is 0 Å². The summed E-state index contributed by atoms with van der Waals surface area (Å²) in [6, 6.07) is 12.3. The van der Waals surface area contributed by atoms with Gasteiger partial charge in [-0.1, -0.05) is 24.8 Å². The van der Waals surface area contributed by atoms with Gasteiger partial charge in [-0.2, -0.15) is 0 Å². The topological polar surface area (TPSA) is 133 Å². The zero-order valence-electron chi connectivity index (χ0n) is 20.7. The molecule has 0 bridgehead atoms. The Balaban J connectivity index is 1.47. The highest BCUT2D eigenvalue weighted by Gasteiger charge is 2.24. The highest BCUT2D eigenvalue weighted by molar-refractivity contribution is 7.47. The van der Waals surface area contributed by atoms with Crippen LogP contribution in [0.4, 0.5) is 0 Å². The van der Waals surface area contributed by atoms with Crippen molar-refractivity contribution in [2.75, 3.05) is 47.0 Å². The lowest BCUT2D eigenvalue weighted by atomic mass is 10.1. The van der Waals surface area contributed by atoms with E-state index in [2.05, 4.69) is 16.8 Å². The van der Waals surface area contributed by atoms with Gasteiger partial charge in [-0.05, 0) is 43.2 Å². The Morgan fingerprint density at radius 1 is 1.06 bits per heavy atom. The van der Waals surface area contributed by atoms with Gasteiger partial charge >= 0.3 is 13.8 Å². The second-order valence-corrected chi connectivity index (χ2v) is 10.4. The number of quaternary nitrogens is 1. The molecule has 1 unspecified atom stereocenters. The van der Waals surface area contributed by atoms with Crippen molar-refractivity contribution in [3.8, 4) is 11.4 Å². The molecule has 1 atom stereocenters. The van der Waals surface area contributed by atoms with Crippen molar-refractivity contribution in [1.29, 1.82) is 0 Å². The number of aromatic nitrogens is 3. The Morgan fingerprint density at radius 2 is 1.67 bits per heavy atom. The Labute approximate surface area is 209 Å². The first kappa shape index (κ1) is 27.5. The summed E-state index contributed by atoms with van der Waals surface area (Å²) in [5.74, 6) is -0.444. The molecule has 0 fully saturated rings. The zero-order valence-corrected chi connectivity index (χ0v) is 21.6. The lowest BCUT2D eigenvalue weighted by Crippen LogP contribution is -2.44. The maximum absolute atomic E-state index is 12.3. The number of phosphoric ester groups is 1. The van der Waals surface area contributed by atoms with E-state index >= 15 is 0 Å². The second kappa shape index (κ2) is 11.8. The first-order chi connectivity index (χ1) is 17.0. The maximum atomic E-state index is 12.3. The molecular formula is C24H32N4O7P+. The number of esters is 1. The van der Waals surface area contributed by atoms with E-state index in [0.717, 1.165) is 5.56 Å². The van der Waals surface area contributed by atoms with Gasteiger partial charge in [0.05, 0.1) is 20.7 Å². The molecule has 0 saturated heterocycles. The van der Waals surface area contributed by atoms with Crippen LogP contribution in [0.25, 0.3) is 16.7 Å². The minimum Gasteiger partial charge on any atom is -0.506 e. The molecule has 0 aliphatic rings. The Hall–Kier alpha value is -3.08. The van der Waals surface area contributed by atoms with Crippen molar-refractivity contribution in [2.45, 2.75) is 13.3 Å². The molecule has 194 valence electrons. The molecule has 0 amide bonds. The number of phenolic OH excluding ortho intramolecular Hbond substituents is 1. The summed E-state index contributed by atoms with van der Waals surface area (Å²) in [6.07, 6.45) is 0.303. The van der Waals surface area contributed by atoms with Gasteiger partial charge in [-0.3, -0.25) is 9.05 Å². The summed E-state index contributed by atoms with van der Waals surface area (Å²) in [7, 11) is -0.476. The standard InChI is InChI=1S/C24H31N4O7P/c1-18(2)24(30)33-15-12-28(3,4)13-16-35-36(31,32)34-14-11-19-9-10-23(29)22(17-19)27-25-20-7-5-6-8-21(20)26-27/h5-10,17H,1,11-16H2,2-4H3,(H-,29,31,32)/p+1. The molecule has 2 N–H and O–H groups in total. The van der Waals surface area contributed by atoms with Crippen molar-refractivity contribution in [2.24, 2.45) is 0 Å². The average molecular weight is 520 g/mol. The van der Waals surface area contributed by atoms with Crippen LogP contribution >= 0.6 is 7.82 Å². The van der Waals surface area contributed by atoms with Crippen LogP contribution in [0.5, 0.6) is 5.75 Å². The van der Waals surface area contributed by atoms with Gasteiger partial charge in [0.1, 0.15) is 48.8 Å². The minimum atomic E-state index is -4.26. The predicted molar refractivity (Wildman–Crippen MR) is 134 cm³/mol. The Morgan fingerprint density at radius 3 is 2.31 bits per heavy atom. The lowest BCUT2D eigenvalue weighted by molar-refractivity contribution is -0.890. The molecule has 3 rings (SSSR count). The number of phosphoric acid groups is 1. The number of carbonyl (C=O) groups excluding carboxylic acids is 1. The van der Waals surface area contributed by atoms with Gasteiger partial charge in [0.15, 0.2) is 0 Å². The van der Waals surface area contributed by atoms with Crippen molar-refractivity contribution in [3.05, 3.63) is 60.2 Å². The lowest BCUT2D eigenvalue weighted by Gasteiger charge is -2.29. The number of fused-ring (bicyclic) bond motifs is 1. The summed E-state index contributed by atoms with van der Waals surface area (Å²) >= 11 is 0. The number of benzene rings is 2. The quantitative estimate of drug-likeness (QED) is 0.151. The van der Waals surface area contributed by atoms with E-state index in [-0.39, 0.29) is 25.6 Å². The highest BCUT2D eigenvalue weighted by atomic mass is 31.2. The summed E-state index contributed by atoms with van der Waals surface area (Å²) in [6.45, 7) is 6.13. The molecule has 11 nitrogen and oxygen atoms in total. The molecule has 0 aliphatic carbocycles. The van der Waals surface area contributed by atoms with E-state index in [1.165, 1.54) is 10.9 Å². The Kier molecular flexibility index (Phi) is 8.99. The number of likely N-dealkylation sites (N-methyl/N-ethyl adjacent to an activating group) is 1. The van der Waals surface area contributed by atoms with Crippen LogP contribution in [0.15, 0.2) is 54.6 Å². The van der Waals surface area contributed by atoms with E-state index in [0.29, 0.717) is 46.3 Å². The third-order valence-electron chi connectivity index (χ3n) is 5.42. The maximum Gasteiger partial charge on any atom is 0.472 e. The summed E-state index contributed by atoms with van der Waals surface area (Å²) in [5, 5.41) is 19.0. The number of carbonyl (C=O) groups is 1. The molecule has 0 saturated carbocycles. The fourth-order valence-electron chi connectivity index (χ4n) is 3.19. The van der Waals surface area contributed by atoms with Crippen LogP contribution in [0.1, 0.15) is 12.5 Å². The molecule has 2 aromatic carbocycles. The van der Waals surface area contributed by atoms with Crippen molar-refractivity contribution >= 4 is 24.8 Å². The van der Waals surface area contributed by atoms with E-state index in [1.54, 1.807) is 19.1 Å². The third kappa shape index (κ3) is 7.97. The van der Waals surface area contributed by atoms with Crippen LogP contribution in [-0.4, -0.2) is 82.5 Å². The van der Waals surface area contributed by atoms with Gasteiger partial charge in [0, 0.05) is 5.57 Å². The molecule has 0 spiro atoms. The first-order valence-electron chi connectivity index (χ1n) is 11.4. The SMILES string of the molecule is C=C(C)C(=O)OCC[N+](C)(C)CCOP(=O)(O)OCCc1ccc(O)c(-n2nc3ccccc3n2)c1. The first-order valence-corrected chi connectivity index (χ1v) is 12.9. The van der Waals surface area contributed by atoms with Gasteiger partial charge in [-0.25, -0.2) is 9.36 Å². The number of ether oxygens (including phenoxy) is 1. The number of phenols is 1. The van der Waals surface area contributed by atoms with Crippen LogP contribution in [0, 0.1) is 0 Å². The number of hydrogen-bond acceptors (Lipinski definition) is 8. The third-order valence-corrected chi connectivity index (χ3v) is 6.43. The monoisotopic (exact) mass is 519 g/mol. The molecule has 1 heterocycles. The number of hydrogen-bond donors (Lipinski definition) is 2. The summed E-state index contributed by atoms with van der Waals surface area (Å²) in [5.41, 5.74) is 2.86. The number of nitrogens with zero attached hydrogens (tertiary/aromatic N) is 4. The molecule has 3 aromatic rings. The fraction of sp³-hybridized carbons (Fsp3) is 0.375. The largest absolute Gasteiger partial charge is 0.506 e. The Bertz CT molecular complexity index is 1240. The molecule has 0 aliphatic heterocycles. The van der Waals surface area contributed by atoms with E-state index in [4.69, 9.17) is 13.8 Å². The van der Waals surface area contributed by atoms with Crippen molar-refractivity contribution in [3.63, 3.8) is 0 Å². The van der Waals surface area contributed by atoms with Crippen molar-refractivity contribution in [1.82, 2.24) is 15.0 Å². The summed E-state index contributed by atoms with van der Waals surface area (Å²) < 4.78 is 28.0. The molecule has 36 heavy (non-hydrogen) atoms. The predicted octanol–water partition coefficient (Wildman–Crippen LogP) is 3.00. The van der Waals surface area contributed by atoms with Crippen LogP contribution < -0.4 is 0 Å². The molecular weight excluding hydrogens is 487 g/mol. The smallest absolute Gasteiger partial charge is 0.472 e. The minimum absolute atomic E-state index is 0.00581. The van der Waals surface area contributed by atoms with Gasteiger partial charge in [-0.15, -0.1) is 15.0 Å². The molecule has 1 aromatic heterocycles. The normalized spacial score (nSPS) is 13.4. The van der Waals surface area contributed by atoms with Gasteiger partial charge in [0.25, 0.3) is 0 Å². The van der Waals surface area contributed by atoms with Crippen LogP contribution in [-0.2, 0) is 29.6 Å². The molecule has 12 heteroatoms. The van der Waals surface area contributed by atoms with Gasteiger partial charge in [0.2, 0.25) is 0 Å². The second-order valence-electron chi connectivity index (χ2n) is 8.99. The van der Waals surface area contributed by atoms with Gasteiger partial charge < -0.3 is 19.2 Å². The number of aromatic hydroxyl groups is 1. The van der Waals surface area contributed by atoms with E-state index in [1.807, 2.05) is 38.4 Å². The number of rotatable bonds is 13. The fourth-order valence-corrected chi connectivity index (χ4v) is 3.90. The zero-order chi connectivity index (χ0) is 26.3. The average Bonchev–Trinajstić information content (AvgIpc) is 3.23. The summed E-state index contributed by atoms with van der Waals surface area (Å²) in [4.78, 5) is 22.8. The highest BCUT2D eigenvalue weighted by Crippen LogP contribution is 2.43. The molecule has 0 radical (unpaired) electrons. The van der Waals surface area contributed by atoms with Crippen LogP contribution in [0.2, 0.25) is 0 Å².